The molecule has 114 valence electrons. The highest BCUT2D eigenvalue weighted by molar-refractivity contribution is 5.84. The van der Waals surface area contributed by atoms with Crippen molar-refractivity contribution in [3.63, 3.8) is 0 Å². The molecule has 1 aromatic carbocycles. The third kappa shape index (κ3) is 3.97. The summed E-state index contributed by atoms with van der Waals surface area (Å²) in [5, 5.41) is 2.78. The van der Waals surface area contributed by atoms with Crippen molar-refractivity contribution in [1.82, 2.24) is 10.2 Å². The van der Waals surface area contributed by atoms with E-state index in [4.69, 9.17) is 4.74 Å². The summed E-state index contributed by atoms with van der Waals surface area (Å²) in [6.07, 6.45) is 0.848. The number of hydrogen-bond acceptors (Lipinski definition) is 3. The summed E-state index contributed by atoms with van der Waals surface area (Å²) in [6.45, 7) is 5.35. The van der Waals surface area contributed by atoms with Crippen LogP contribution in [0.2, 0.25) is 0 Å². The average molecular weight is 290 g/mol. The zero-order valence-electron chi connectivity index (χ0n) is 12.5. The van der Waals surface area contributed by atoms with Crippen molar-refractivity contribution < 1.29 is 14.3 Å². The van der Waals surface area contributed by atoms with Crippen LogP contribution >= 0.6 is 0 Å². The van der Waals surface area contributed by atoms with Gasteiger partial charge in [-0.25, -0.2) is 9.59 Å². The van der Waals surface area contributed by atoms with Crippen molar-refractivity contribution >= 4 is 12.0 Å². The van der Waals surface area contributed by atoms with Gasteiger partial charge in [0.1, 0.15) is 12.6 Å². The van der Waals surface area contributed by atoms with Crippen LogP contribution in [0.1, 0.15) is 25.8 Å². The number of nitrogens with zero attached hydrogens (tertiary/aromatic N) is 1. The Hall–Kier alpha value is -2.04. The monoisotopic (exact) mass is 290 g/mol. The van der Waals surface area contributed by atoms with E-state index in [9.17, 15) is 9.59 Å². The van der Waals surface area contributed by atoms with Crippen LogP contribution in [0.4, 0.5) is 4.79 Å². The molecule has 0 saturated carbocycles. The minimum Gasteiger partial charge on any atom is -0.459 e. The van der Waals surface area contributed by atoms with Crippen LogP contribution in [0.15, 0.2) is 30.3 Å². The van der Waals surface area contributed by atoms with E-state index in [2.05, 4.69) is 5.32 Å². The van der Waals surface area contributed by atoms with Crippen molar-refractivity contribution in [1.29, 1.82) is 0 Å². The van der Waals surface area contributed by atoms with Crippen LogP contribution in [0.3, 0.4) is 0 Å². The van der Waals surface area contributed by atoms with E-state index in [1.54, 1.807) is 4.90 Å². The van der Waals surface area contributed by atoms with Crippen molar-refractivity contribution in [3.05, 3.63) is 35.9 Å². The molecule has 2 amide bonds. The summed E-state index contributed by atoms with van der Waals surface area (Å²) >= 11 is 0. The van der Waals surface area contributed by atoms with E-state index < -0.39 is 6.04 Å². The predicted octanol–water partition coefficient (Wildman–Crippen LogP) is 2.17. The van der Waals surface area contributed by atoms with Gasteiger partial charge in [0.25, 0.3) is 0 Å². The second kappa shape index (κ2) is 7.11. The molecule has 2 rings (SSSR count). The molecule has 1 heterocycles. The quantitative estimate of drug-likeness (QED) is 0.846. The first-order valence-electron chi connectivity index (χ1n) is 7.34. The maximum absolute atomic E-state index is 12.4. The predicted molar refractivity (Wildman–Crippen MR) is 79.6 cm³/mol. The fourth-order valence-corrected chi connectivity index (χ4v) is 2.49. The summed E-state index contributed by atoms with van der Waals surface area (Å²) in [6, 6.07) is 8.82. The van der Waals surface area contributed by atoms with Gasteiger partial charge in [0.05, 0.1) is 0 Å². The van der Waals surface area contributed by atoms with Gasteiger partial charge in [-0.05, 0) is 17.9 Å². The van der Waals surface area contributed by atoms with Gasteiger partial charge >= 0.3 is 12.0 Å². The van der Waals surface area contributed by atoms with Crippen LogP contribution in [-0.4, -0.2) is 36.0 Å². The van der Waals surface area contributed by atoms with Gasteiger partial charge in [-0.3, -0.25) is 0 Å². The van der Waals surface area contributed by atoms with Crippen molar-refractivity contribution in [2.45, 2.75) is 32.9 Å². The number of rotatable bonds is 5. The average Bonchev–Trinajstić information content (AvgIpc) is 2.48. The molecule has 0 spiro atoms. The molecule has 0 radical (unpaired) electrons. The molecule has 1 aliphatic heterocycles. The van der Waals surface area contributed by atoms with Crippen LogP contribution in [0.5, 0.6) is 0 Å². The molecule has 0 bridgehead atoms. The van der Waals surface area contributed by atoms with Gasteiger partial charge in [-0.15, -0.1) is 0 Å². The molecule has 5 nitrogen and oxygen atoms in total. The lowest BCUT2D eigenvalue weighted by Gasteiger charge is -2.35. The number of hydrogen-bond donors (Lipinski definition) is 1. The van der Waals surface area contributed by atoms with Crippen LogP contribution in [-0.2, 0) is 16.1 Å². The summed E-state index contributed by atoms with van der Waals surface area (Å²) < 4.78 is 5.39. The Bertz CT molecular complexity index is 488. The molecule has 1 fully saturated rings. The fraction of sp³-hybridized carbons (Fsp3) is 0.500. The second-order valence-electron chi connectivity index (χ2n) is 5.56. The number of nitrogens with one attached hydrogen (secondary N) is 1. The zero-order valence-corrected chi connectivity index (χ0v) is 12.5. The summed E-state index contributed by atoms with van der Waals surface area (Å²) in [5.74, 6) is -0.331. The Morgan fingerprint density at radius 1 is 1.33 bits per heavy atom. The van der Waals surface area contributed by atoms with E-state index in [1.165, 1.54) is 0 Å². The first-order valence-corrected chi connectivity index (χ1v) is 7.34. The second-order valence-corrected chi connectivity index (χ2v) is 5.56. The Kier molecular flexibility index (Phi) is 5.20. The molecule has 1 atom stereocenters. The molecule has 1 aliphatic rings. The summed E-state index contributed by atoms with van der Waals surface area (Å²) in [5.41, 5.74) is 0.941. The third-order valence-corrected chi connectivity index (χ3v) is 3.55. The van der Waals surface area contributed by atoms with Crippen molar-refractivity contribution in [2.75, 3.05) is 13.1 Å². The Balaban J connectivity index is 2.00. The zero-order chi connectivity index (χ0) is 15.2. The maximum Gasteiger partial charge on any atom is 0.329 e. The minimum atomic E-state index is -0.533. The summed E-state index contributed by atoms with van der Waals surface area (Å²) in [7, 11) is 0. The van der Waals surface area contributed by atoms with E-state index in [0.717, 1.165) is 12.0 Å². The first kappa shape index (κ1) is 15.4. The van der Waals surface area contributed by atoms with Gasteiger partial charge in [0.2, 0.25) is 0 Å². The molecule has 0 aliphatic carbocycles. The lowest BCUT2D eigenvalue weighted by atomic mass is 10.0. The van der Waals surface area contributed by atoms with Crippen molar-refractivity contribution in [2.24, 2.45) is 5.92 Å². The Morgan fingerprint density at radius 2 is 2.05 bits per heavy atom. The number of urea groups is 1. The van der Waals surface area contributed by atoms with Gasteiger partial charge < -0.3 is 15.0 Å². The molecule has 1 N–H and O–H groups in total. The SMILES string of the molecule is CC(C)C(C(=O)OCc1ccccc1)N1CCCNC1=O. The standard InChI is InChI=1S/C16H22N2O3/c1-12(2)14(18-10-6-9-17-16(18)20)15(19)21-11-13-7-4-3-5-8-13/h3-5,7-8,12,14H,6,9-11H2,1-2H3,(H,17,20). The van der Waals surface area contributed by atoms with Gasteiger partial charge in [-0.2, -0.15) is 0 Å². The number of benzene rings is 1. The normalized spacial score (nSPS) is 16.5. The highest BCUT2D eigenvalue weighted by atomic mass is 16.5. The number of amides is 2. The topological polar surface area (TPSA) is 58.6 Å². The fourth-order valence-electron chi connectivity index (χ4n) is 2.49. The summed E-state index contributed by atoms with van der Waals surface area (Å²) in [4.78, 5) is 25.9. The molecule has 21 heavy (non-hydrogen) atoms. The lowest BCUT2D eigenvalue weighted by molar-refractivity contribution is -0.152. The van der Waals surface area contributed by atoms with Gasteiger partial charge in [0.15, 0.2) is 0 Å². The number of carbonyl (C=O) groups excluding carboxylic acids is 2. The van der Waals surface area contributed by atoms with Crippen LogP contribution in [0.25, 0.3) is 0 Å². The molecular formula is C16H22N2O3. The highest BCUT2D eigenvalue weighted by Crippen LogP contribution is 2.16. The van der Waals surface area contributed by atoms with Crippen molar-refractivity contribution in [3.8, 4) is 0 Å². The number of ether oxygens (including phenoxy) is 1. The molecule has 0 aromatic heterocycles. The van der Waals surface area contributed by atoms with Gasteiger partial charge in [-0.1, -0.05) is 44.2 Å². The maximum atomic E-state index is 12.4. The largest absolute Gasteiger partial charge is 0.459 e. The molecular weight excluding hydrogens is 268 g/mol. The van der Waals surface area contributed by atoms with E-state index in [-0.39, 0.29) is 24.5 Å². The Labute approximate surface area is 125 Å². The van der Waals surface area contributed by atoms with E-state index in [0.29, 0.717) is 13.1 Å². The first-order chi connectivity index (χ1) is 10.1. The number of carbonyl (C=O) groups is 2. The third-order valence-electron chi connectivity index (χ3n) is 3.55. The number of esters is 1. The van der Waals surface area contributed by atoms with Gasteiger partial charge in [0, 0.05) is 13.1 Å². The Morgan fingerprint density at radius 3 is 2.67 bits per heavy atom. The van der Waals surface area contributed by atoms with E-state index in [1.807, 2.05) is 44.2 Å². The molecule has 5 heteroatoms. The minimum absolute atomic E-state index is 0.0112. The van der Waals surface area contributed by atoms with E-state index >= 15 is 0 Å². The molecule has 1 aromatic rings. The lowest BCUT2D eigenvalue weighted by Crippen LogP contribution is -2.56. The van der Waals surface area contributed by atoms with Crippen LogP contribution in [0, 0.1) is 5.92 Å². The molecule has 1 unspecified atom stereocenters. The van der Waals surface area contributed by atoms with Crippen LogP contribution < -0.4 is 5.32 Å². The smallest absolute Gasteiger partial charge is 0.329 e. The highest BCUT2D eigenvalue weighted by Gasteiger charge is 2.34. The molecule has 1 saturated heterocycles.